The molecule has 1 atom stereocenters. The van der Waals surface area contributed by atoms with E-state index in [1.54, 1.807) is 4.57 Å². The lowest BCUT2D eigenvalue weighted by Crippen LogP contribution is -2.19. The van der Waals surface area contributed by atoms with Gasteiger partial charge < -0.3 is 14.6 Å². The second-order valence-electron chi connectivity index (χ2n) is 7.31. The van der Waals surface area contributed by atoms with Gasteiger partial charge in [0.2, 0.25) is 11.7 Å². The number of nitrogens with one attached hydrogen (secondary N) is 1. The molecule has 0 fully saturated rings. The molecule has 0 saturated carbocycles. The molecular formula is C23H26F2N3O2P. The van der Waals surface area contributed by atoms with Crippen LogP contribution in [0.1, 0.15) is 36.1 Å². The predicted octanol–water partition coefficient (Wildman–Crippen LogP) is 4.26. The summed E-state index contributed by atoms with van der Waals surface area (Å²) in [5.74, 6) is -1.49. The van der Waals surface area contributed by atoms with E-state index in [1.807, 2.05) is 6.92 Å². The molecule has 0 radical (unpaired) electrons. The highest BCUT2D eigenvalue weighted by atomic mass is 31.0. The van der Waals surface area contributed by atoms with Crippen molar-refractivity contribution in [1.82, 2.24) is 9.55 Å². The lowest BCUT2D eigenvalue weighted by molar-refractivity contribution is 0.402. The van der Waals surface area contributed by atoms with Gasteiger partial charge in [0.25, 0.3) is 0 Å². The van der Waals surface area contributed by atoms with Gasteiger partial charge in [0.05, 0.1) is 19.9 Å². The Labute approximate surface area is 182 Å². The zero-order valence-corrected chi connectivity index (χ0v) is 19.2. The normalized spacial score (nSPS) is 10.9. The zero-order chi connectivity index (χ0) is 22.7. The standard InChI is InChI=1S/C23H26F2N3O2P/c1-5-15-7-13(3)18(10-16(15)6-2)26-23-27-22(29)19(30-4)12-28(23)11-14-8-17(24)21(25)20(31)9-14/h7-10,12H,5-6,11,31H2,1-4H3,(H,26,27,29). The molecule has 2 aromatic carbocycles. The van der Waals surface area contributed by atoms with Crippen LogP contribution >= 0.6 is 9.24 Å². The van der Waals surface area contributed by atoms with Gasteiger partial charge in [-0.25, -0.2) is 8.78 Å². The first-order valence-corrected chi connectivity index (χ1v) is 10.6. The molecule has 0 aliphatic heterocycles. The van der Waals surface area contributed by atoms with Crippen LogP contribution in [0.2, 0.25) is 0 Å². The first-order chi connectivity index (χ1) is 14.8. The number of halogens is 2. The van der Waals surface area contributed by atoms with Gasteiger partial charge in [-0.3, -0.25) is 4.79 Å². The van der Waals surface area contributed by atoms with Gasteiger partial charge in [-0.1, -0.05) is 19.9 Å². The van der Waals surface area contributed by atoms with Crippen molar-refractivity contribution < 1.29 is 13.5 Å². The van der Waals surface area contributed by atoms with Gasteiger partial charge in [-0.2, -0.15) is 4.98 Å². The molecule has 0 bridgehead atoms. The van der Waals surface area contributed by atoms with Gasteiger partial charge in [0, 0.05) is 11.0 Å². The molecule has 3 aromatic rings. The maximum Gasteiger partial charge on any atom is 0.316 e. The molecule has 0 amide bonds. The lowest BCUT2D eigenvalue weighted by Gasteiger charge is -2.18. The molecule has 1 unspecified atom stereocenters. The molecule has 5 nitrogen and oxygen atoms in total. The minimum atomic E-state index is -0.934. The molecule has 1 N–H and O–H groups in total. The minimum Gasteiger partial charge on any atom is -0.490 e. The molecule has 1 heterocycles. The summed E-state index contributed by atoms with van der Waals surface area (Å²) in [5.41, 5.74) is 4.35. The van der Waals surface area contributed by atoms with Gasteiger partial charge >= 0.3 is 5.56 Å². The highest BCUT2D eigenvalue weighted by Gasteiger charge is 2.14. The summed E-state index contributed by atoms with van der Waals surface area (Å²) >= 11 is 0. The Hall–Kier alpha value is -2.79. The number of nitrogens with zero attached hydrogens (tertiary/aromatic N) is 2. The molecule has 0 aliphatic carbocycles. The van der Waals surface area contributed by atoms with E-state index in [1.165, 1.54) is 30.5 Å². The van der Waals surface area contributed by atoms with Crippen molar-refractivity contribution in [3.05, 3.63) is 74.7 Å². The monoisotopic (exact) mass is 445 g/mol. The minimum absolute atomic E-state index is 0.0616. The van der Waals surface area contributed by atoms with Crippen LogP contribution in [-0.4, -0.2) is 16.7 Å². The smallest absolute Gasteiger partial charge is 0.316 e. The van der Waals surface area contributed by atoms with Crippen molar-refractivity contribution in [2.75, 3.05) is 12.4 Å². The first kappa shape index (κ1) is 22.9. The Bertz CT molecular complexity index is 1160. The van der Waals surface area contributed by atoms with Crippen LogP contribution in [0.5, 0.6) is 5.75 Å². The summed E-state index contributed by atoms with van der Waals surface area (Å²) in [6, 6.07) is 6.86. The molecule has 31 heavy (non-hydrogen) atoms. The SMILES string of the molecule is CCc1cc(C)c(Nc2nc(=O)c(OC)cn2Cc2cc(F)c(F)c(P)c2)cc1CC. The largest absolute Gasteiger partial charge is 0.490 e. The Morgan fingerprint density at radius 2 is 1.81 bits per heavy atom. The van der Waals surface area contributed by atoms with Gasteiger partial charge in [0.1, 0.15) is 0 Å². The fourth-order valence-corrected chi connectivity index (χ4v) is 3.87. The van der Waals surface area contributed by atoms with Crippen LogP contribution in [-0.2, 0) is 19.4 Å². The summed E-state index contributed by atoms with van der Waals surface area (Å²) < 4.78 is 34.4. The molecule has 0 saturated heterocycles. The van der Waals surface area contributed by atoms with E-state index >= 15 is 0 Å². The van der Waals surface area contributed by atoms with Crippen LogP contribution in [0.25, 0.3) is 0 Å². The maximum absolute atomic E-state index is 13.9. The van der Waals surface area contributed by atoms with Crippen molar-refractivity contribution in [3.8, 4) is 5.75 Å². The van der Waals surface area contributed by atoms with Crippen molar-refractivity contribution in [3.63, 3.8) is 0 Å². The topological polar surface area (TPSA) is 56.1 Å². The Morgan fingerprint density at radius 1 is 1.13 bits per heavy atom. The highest BCUT2D eigenvalue weighted by molar-refractivity contribution is 7.27. The lowest BCUT2D eigenvalue weighted by atomic mass is 9.99. The average Bonchev–Trinajstić information content (AvgIpc) is 2.74. The second-order valence-corrected chi connectivity index (χ2v) is 7.94. The third-order valence-corrected chi connectivity index (χ3v) is 5.63. The summed E-state index contributed by atoms with van der Waals surface area (Å²) in [6.45, 7) is 6.37. The fourth-order valence-electron chi connectivity index (χ4n) is 3.52. The summed E-state index contributed by atoms with van der Waals surface area (Å²) in [7, 11) is 3.57. The molecule has 164 valence electrons. The molecule has 0 aliphatic rings. The van der Waals surface area contributed by atoms with Crippen molar-refractivity contribution >= 4 is 26.2 Å². The number of hydrogen-bond acceptors (Lipinski definition) is 4. The van der Waals surface area contributed by atoms with Crippen molar-refractivity contribution in [1.29, 1.82) is 0 Å². The van der Waals surface area contributed by atoms with Crippen molar-refractivity contribution in [2.24, 2.45) is 0 Å². The van der Waals surface area contributed by atoms with E-state index in [-0.39, 0.29) is 23.5 Å². The molecule has 3 rings (SSSR count). The van der Waals surface area contributed by atoms with E-state index in [0.29, 0.717) is 5.56 Å². The molecule has 8 heteroatoms. The fraction of sp³-hybridized carbons (Fsp3) is 0.304. The number of aryl methyl sites for hydroxylation is 3. The second kappa shape index (κ2) is 9.56. The van der Waals surface area contributed by atoms with Crippen LogP contribution in [0.3, 0.4) is 0 Å². The predicted molar refractivity (Wildman–Crippen MR) is 123 cm³/mol. The van der Waals surface area contributed by atoms with Crippen LogP contribution in [0.4, 0.5) is 20.4 Å². The Kier molecular flexibility index (Phi) is 7.06. The summed E-state index contributed by atoms with van der Waals surface area (Å²) in [4.78, 5) is 16.5. The van der Waals surface area contributed by atoms with Gasteiger partial charge in [-0.05, 0) is 60.2 Å². The average molecular weight is 445 g/mol. The Balaban J connectivity index is 2.07. The van der Waals surface area contributed by atoms with Gasteiger partial charge in [-0.15, -0.1) is 9.24 Å². The zero-order valence-electron chi connectivity index (χ0n) is 18.1. The van der Waals surface area contributed by atoms with Crippen LogP contribution in [0.15, 0.2) is 35.3 Å². The number of benzene rings is 2. The summed E-state index contributed by atoms with van der Waals surface area (Å²) in [5, 5.41) is 3.37. The van der Waals surface area contributed by atoms with E-state index in [0.717, 1.165) is 30.2 Å². The molecule has 1 aromatic heterocycles. The van der Waals surface area contributed by atoms with Gasteiger partial charge in [0.15, 0.2) is 11.6 Å². The number of ether oxygens (including phenoxy) is 1. The van der Waals surface area contributed by atoms with E-state index in [9.17, 15) is 13.6 Å². The quantitative estimate of drug-likeness (QED) is 0.553. The third kappa shape index (κ3) is 4.93. The molecule has 0 spiro atoms. The third-order valence-electron chi connectivity index (χ3n) is 5.21. The maximum atomic E-state index is 13.9. The highest BCUT2D eigenvalue weighted by Crippen LogP contribution is 2.25. The Morgan fingerprint density at radius 3 is 2.42 bits per heavy atom. The van der Waals surface area contributed by atoms with Crippen LogP contribution < -0.4 is 20.9 Å². The summed E-state index contributed by atoms with van der Waals surface area (Å²) in [6.07, 6.45) is 3.33. The number of methoxy groups -OCH3 is 1. The van der Waals surface area contributed by atoms with Crippen molar-refractivity contribution in [2.45, 2.75) is 40.2 Å². The number of hydrogen-bond donors (Lipinski definition) is 1. The van der Waals surface area contributed by atoms with E-state index < -0.39 is 17.2 Å². The molecular weight excluding hydrogens is 419 g/mol. The number of anilines is 2. The number of rotatable bonds is 7. The van der Waals surface area contributed by atoms with Crippen LogP contribution in [0, 0.1) is 18.6 Å². The first-order valence-electron chi connectivity index (χ1n) is 10.1. The van der Waals surface area contributed by atoms with E-state index in [2.05, 4.69) is 45.5 Å². The number of aromatic nitrogens is 2. The van der Waals surface area contributed by atoms with E-state index in [4.69, 9.17) is 4.74 Å².